The van der Waals surface area contributed by atoms with Gasteiger partial charge in [-0.3, -0.25) is 9.36 Å². The number of oxazole rings is 1. The van der Waals surface area contributed by atoms with E-state index in [1.165, 1.54) is 10.8 Å². The fourth-order valence-corrected chi connectivity index (χ4v) is 2.55. The van der Waals surface area contributed by atoms with E-state index in [2.05, 4.69) is 15.5 Å². The highest BCUT2D eigenvalue weighted by Crippen LogP contribution is 2.15. The maximum atomic E-state index is 12.0. The van der Waals surface area contributed by atoms with Crippen LogP contribution in [0.2, 0.25) is 0 Å². The second-order valence-corrected chi connectivity index (χ2v) is 5.64. The van der Waals surface area contributed by atoms with Crippen LogP contribution in [-0.2, 0) is 6.54 Å². The van der Waals surface area contributed by atoms with E-state index in [4.69, 9.17) is 13.4 Å². The third-order valence-corrected chi connectivity index (χ3v) is 3.82. The first-order chi connectivity index (χ1) is 12.6. The van der Waals surface area contributed by atoms with E-state index < -0.39 is 11.8 Å². The van der Waals surface area contributed by atoms with E-state index >= 15 is 0 Å². The molecular formula is C17H14N4O5. The molecule has 0 spiro atoms. The number of nitrogens with one attached hydrogen (secondary N) is 1. The van der Waals surface area contributed by atoms with Crippen molar-refractivity contribution < 1.29 is 18.2 Å². The molecule has 3 aromatic heterocycles. The summed E-state index contributed by atoms with van der Waals surface area (Å²) >= 11 is 0. The first-order valence-corrected chi connectivity index (χ1v) is 7.87. The van der Waals surface area contributed by atoms with Crippen molar-refractivity contribution in [3.05, 3.63) is 70.7 Å². The summed E-state index contributed by atoms with van der Waals surface area (Å²) in [6, 6.07) is 9.73. The first-order valence-electron chi connectivity index (χ1n) is 7.87. The lowest BCUT2D eigenvalue weighted by atomic mass is 10.3. The van der Waals surface area contributed by atoms with Gasteiger partial charge in [-0.1, -0.05) is 17.3 Å². The van der Waals surface area contributed by atoms with Gasteiger partial charge in [0, 0.05) is 0 Å². The van der Waals surface area contributed by atoms with Gasteiger partial charge in [0.25, 0.3) is 5.91 Å². The Labute approximate surface area is 146 Å². The van der Waals surface area contributed by atoms with Gasteiger partial charge in [-0.05, 0) is 31.2 Å². The molecule has 0 radical (unpaired) electrons. The van der Waals surface area contributed by atoms with Crippen molar-refractivity contribution in [3.8, 4) is 0 Å². The zero-order chi connectivity index (χ0) is 18.1. The SMILES string of the molecule is CC(NC(=O)c1ccco1)c1nc(Cn2c(=O)oc3ccccc32)no1. The molecule has 9 nitrogen and oxygen atoms in total. The van der Waals surface area contributed by atoms with Gasteiger partial charge in [0.05, 0.1) is 18.3 Å². The van der Waals surface area contributed by atoms with Crippen LogP contribution in [0.25, 0.3) is 11.1 Å². The summed E-state index contributed by atoms with van der Waals surface area (Å²) in [7, 11) is 0. The van der Waals surface area contributed by atoms with E-state index in [9.17, 15) is 9.59 Å². The fraction of sp³-hybridized carbons (Fsp3) is 0.176. The molecule has 0 bridgehead atoms. The smallest absolute Gasteiger partial charge is 0.420 e. The number of benzene rings is 1. The number of aromatic nitrogens is 3. The Morgan fingerprint density at radius 2 is 2.12 bits per heavy atom. The van der Waals surface area contributed by atoms with Crippen LogP contribution < -0.4 is 11.1 Å². The Kier molecular flexibility index (Phi) is 3.88. The highest BCUT2D eigenvalue weighted by Gasteiger charge is 2.20. The van der Waals surface area contributed by atoms with Gasteiger partial charge in [0.1, 0.15) is 6.04 Å². The maximum absolute atomic E-state index is 12.0. The van der Waals surface area contributed by atoms with Crippen molar-refractivity contribution in [2.75, 3.05) is 0 Å². The standard InChI is InChI=1S/C17H14N4O5/c1-10(18-15(22)13-7-4-8-24-13)16-19-14(20-26-16)9-21-11-5-2-3-6-12(11)25-17(21)23/h2-8,10H,9H2,1H3,(H,18,22). The van der Waals surface area contributed by atoms with Crippen molar-refractivity contribution in [1.82, 2.24) is 20.0 Å². The largest absolute Gasteiger partial charge is 0.459 e. The molecule has 26 heavy (non-hydrogen) atoms. The third kappa shape index (κ3) is 2.90. The number of hydrogen-bond donors (Lipinski definition) is 1. The minimum absolute atomic E-state index is 0.0954. The van der Waals surface area contributed by atoms with Crippen LogP contribution >= 0.6 is 0 Å². The van der Waals surface area contributed by atoms with Gasteiger partial charge in [0.2, 0.25) is 5.89 Å². The normalized spacial score (nSPS) is 12.3. The van der Waals surface area contributed by atoms with Crippen molar-refractivity contribution in [1.29, 1.82) is 0 Å². The van der Waals surface area contributed by atoms with Crippen LogP contribution in [0.4, 0.5) is 0 Å². The van der Waals surface area contributed by atoms with Crippen molar-refractivity contribution in [2.24, 2.45) is 0 Å². The minimum atomic E-state index is -0.522. The van der Waals surface area contributed by atoms with Gasteiger partial charge in [-0.2, -0.15) is 4.98 Å². The zero-order valence-electron chi connectivity index (χ0n) is 13.7. The molecule has 4 rings (SSSR count). The molecule has 132 valence electrons. The lowest BCUT2D eigenvalue weighted by molar-refractivity contribution is 0.0904. The van der Waals surface area contributed by atoms with Gasteiger partial charge in [-0.25, -0.2) is 4.79 Å². The number of amides is 1. The van der Waals surface area contributed by atoms with Crippen LogP contribution in [0, 0.1) is 0 Å². The summed E-state index contributed by atoms with van der Waals surface area (Å²) in [5.41, 5.74) is 1.13. The molecule has 1 N–H and O–H groups in total. The number of nitrogens with zero attached hydrogens (tertiary/aromatic N) is 3. The van der Waals surface area contributed by atoms with Gasteiger partial charge in [0.15, 0.2) is 17.2 Å². The Morgan fingerprint density at radius 3 is 2.92 bits per heavy atom. The molecule has 1 unspecified atom stereocenters. The molecule has 0 aliphatic heterocycles. The summed E-state index contributed by atoms with van der Waals surface area (Å²) in [5, 5.41) is 6.56. The second-order valence-electron chi connectivity index (χ2n) is 5.64. The molecule has 9 heteroatoms. The Balaban J connectivity index is 1.51. The molecule has 0 aliphatic rings. The number of fused-ring (bicyclic) bond motifs is 1. The van der Waals surface area contributed by atoms with E-state index in [-0.39, 0.29) is 24.1 Å². The molecule has 0 saturated carbocycles. The number of carbonyl (C=O) groups excluding carboxylic acids is 1. The number of furan rings is 1. The summed E-state index contributed by atoms with van der Waals surface area (Å²) < 4.78 is 16.8. The van der Waals surface area contributed by atoms with Gasteiger partial charge >= 0.3 is 5.76 Å². The predicted octanol–water partition coefficient (Wildman–Crippen LogP) is 2.11. The Hall–Kier alpha value is -3.62. The average molecular weight is 354 g/mol. The molecule has 4 aromatic rings. The van der Waals surface area contributed by atoms with Crippen LogP contribution in [-0.4, -0.2) is 20.6 Å². The molecular weight excluding hydrogens is 340 g/mol. The molecule has 1 amide bonds. The molecule has 0 saturated heterocycles. The molecule has 0 fully saturated rings. The molecule has 1 aromatic carbocycles. The molecule has 0 aliphatic carbocycles. The number of hydrogen-bond acceptors (Lipinski definition) is 7. The van der Waals surface area contributed by atoms with E-state index in [0.29, 0.717) is 16.9 Å². The van der Waals surface area contributed by atoms with Crippen LogP contribution in [0.15, 0.2) is 60.8 Å². The molecule has 1 atom stereocenters. The van der Waals surface area contributed by atoms with E-state index in [0.717, 1.165) is 0 Å². The first kappa shape index (κ1) is 15.9. The highest BCUT2D eigenvalue weighted by atomic mass is 16.5. The van der Waals surface area contributed by atoms with Crippen LogP contribution in [0.5, 0.6) is 0 Å². The fourth-order valence-electron chi connectivity index (χ4n) is 2.55. The van der Waals surface area contributed by atoms with Crippen molar-refractivity contribution >= 4 is 17.0 Å². The average Bonchev–Trinajstić information content (AvgIpc) is 3.36. The molecule has 3 heterocycles. The van der Waals surface area contributed by atoms with Crippen LogP contribution in [0.1, 0.15) is 35.2 Å². The maximum Gasteiger partial charge on any atom is 0.420 e. The number of carbonyl (C=O) groups is 1. The lowest BCUT2D eigenvalue weighted by Gasteiger charge is -2.07. The summed E-state index contributed by atoms with van der Waals surface area (Å²) in [6.45, 7) is 1.80. The third-order valence-electron chi connectivity index (χ3n) is 3.82. The van der Waals surface area contributed by atoms with Crippen molar-refractivity contribution in [3.63, 3.8) is 0 Å². The van der Waals surface area contributed by atoms with Crippen LogP contribution in [0.3, 0.4) is 0 Å². The minimum Gasteiger partial charge on any atom is -0.459 e. The zero-order valence-corrected chi connectivity index (χ0v) is 13.7. The Bertz CT molecular complexity index is 1110. The number of para-hydroxylation sites is 2. The van der Waals surface area contributed by atoms with E-state index in [1.807, 2.05) is 6.07 Å². The Morgan fingerprint density at radius 1 is 1.27 bits per heavy atom. The topological polar surface area (TPSA) is 116 Å². The van der Waals surface area contributed by atoms with Gasteiger partial charge in [-0.15, -0.1) is 0 Å². The lowest BCUT2D eigenvalue weighted by Crippen LogP contribution is -2.26. The quantitative estimate of drug-likeness (QED) is 0.583. The van der Waals surface area contributed by atoms with Crippen molar-refractivity contribution in [2.45, 2.75) is 19.5 Å². The second kappa shape index (κ2) is 6.36. The summed E-state index contributed by atoms with van der Waals surface area (Å²) in [6.07, 6.45) is 1.41. The highest BCUT2D eigenvalue weighted by molar-refractivity contribution is 5.91. The number of rotatable bonds is 5. The van der Waals surface area contributed by atoms with E-state index in [1.54, 1.807) is 37.3 Å². The summed E-state index contributed by atoms with van der Waals surface area (Å²) in [5.74, 6) is -0.183. The monoisotopic (exact) mass is 354 g/mol. The predicted molar refractivity (Wildman–Crippen MR) is 88.5 cm³/mol. The summed E-state index contributed by atoms with van der Waals surface area (Å²) in [4.78, 5) is 28.2. The van der Waals surface area contributed by atoms with Gasteiger partial charge < -0.3 is 18.7 Å².